The number of hydrogen-bond acceptors (Lipinski definition) is 4. The summed E-state index contributed by atoms with van der Waals surface area (Å²) in [5.41, 5.74) is 11.5. The third-order valence-corrected chi connectivity index (χ3v) is 11.1. The van der Waals surface area contributed by atoms with Gasteiger partial charge in [0, 0.05) is 36.1 Å². The lowest BCUT2D eigenvalue weighted by molar-refractivity contribution is 0.102. The largest absolute Gasteiger partial charge is 0.302 e. The van der Waals surface area contributed by atoms with E-state index >= 15 is 0 Å². The number of aromatic amines is 1. The van der Waals surface area contributed by atoms with Gasteiger partial charge in [0.2, 0.25) is 0 Å². The average Bonchev–Trinajstić information content (AvgIpc) is 3.66. The second-order valence-corrected chi connectivity index (χ2v) is 15.4. The maximum Gasteiger partial charge on any atom is 0.277 e. The molecule has 49 heavy (non-hydrogen) atoms. The molecule has 2 heterocycles. The van der Waals surface area contributed by atoms with Crippen LogP contribution in [0.2, 0.25) is 0 Å². The highest BCUT2D eigenvalue weighted by Crippen LogP contribution is 2.42. The summed E-state index contributed by atoms with van der Waals surface area (Å²) in [6.07, 6.45) is 13.4. The lowest BCUT2D eigenvalue weighted by atomic mass is 9.68. The van der Waals surface area contributed by atoms with Crippen LogP contribution >= 0.6 is 0 Å². The number of benzene rings is 2. The molecule has 4 aromatic rings. The van der Waals surface area contributed by atoms with Crippen LogP contribution in [0.15, 0.2) is 41.5 Å². The first-order valence-corrected chi connectivity index (χ1v) is 18.4. The van der Waals surface area contributed by atoms with Crippen LogP contribution in [0.1, 0.15) is 158 Å². The molecule has 7 heteroatoms. The van der Waals surface area contributed by atoms with Gasteiger partial charge >= 0.3 is 0 Å². The van der Waals surface area contributed by atoms with E-state index in [1.54, 1.807) is 6.20 Å². The number of fused-ring (bicyclic) bond motifs is 2. The van der Waals surface area contributed by atoms with Gasteiger partial charge in [-0.25, -0.2) is 0 Å². The van der Waals surface area contributed by atoms with E-state index in [0.29, 0.717) is 12.1 Å². The molecule has 262 valence electrons. The van der Waals surface area contributed by atoms with E-state index in [9.17, 15) is 14.4 Å². The Kier molecular flexibility index (Phi) is 10.7. The van der Waals surface area contributed by atoms with Crippen molar-refractivity contribution in [3.8, 4) is 0 Å². The predicted molar refractivity (Wildman–Crippen MR) is 198 cm³/mol. The zero-order chi connectivity index (χ0) is 35.7. The highest BCUT2D eigenvalue weighted by molar-refractivity contribution is 6.11. The zero-order valence-electron chi connectivity index (χ0n) is 31.3. The van der Waals surface area contributed by atoms with Crippen LogP contribution in [-0.4, -0.2) is 31.1 Å². The number of nitrogens with zero attached hydrogens (tertiary/aromatic N) is 3. The zero-order valence-corrected chi connectivity index (χ0v) is 31.3. The third-order valence-electron chi connectivity index (χ3n) is 11.1. The Morgan fingerprint density at radius 3 is 2.27 bits per heavy atom. The molecule has 2 aromatic carbocycles. The van der Waals surface area contributed by atoms with Gasteiger partial charge in [0.15, 0.2) is 11.6 Å². The predicted octanol–water partition coefficient (Wildman–Crippen LogP) is 8.75. The van der Waals surface area contributed by atoms with Crippen LogP contribution in [0.5, 0.6) is 0 Å². The fourth-order valence-corrected chi connectivity index (χ4v) is 8.28. The Morgan fingerprint density at radius 1 is 0.878 bits per heavy atom. The van der Waals surface area contributed by atoms with Gasteiger partial charge in [0.1, 0.15) is 5.56 Å². The van der Waals surface area contributed by atoms with Crippen molar-refractivity contribution in [3.63, 3.8) is 0 Å². The SMILES string of the molecule is CCCCc1c(C(=O)c2cc(C)c3c(c2C)C(C)(C)CCC3)cnn1CC.CCn1[nH]cc(C(=O)c2ccc3c(c2)C(C)(C)CCC3)c1=O. The van der Waals surface area contributed by atoms with Crippen molar-refractivity contribution >= 4 is 11.6 Å². The first-order chi connectivity index (χ1) is 23.2. The Labute approximate surface area is 292 Å². The van der Waals surface area contributed by atoms with Crippen molar-refractivity contribution in [2.24, 2.45) is 0 Å². The lowest BCUT2D eigenvalue weighted by Gasteiger charge is -2.36. The van der Waals surface area contributed by atoms with Gasteiger partial charge in [-0.2, -0.15) is 5.10 Å². The fraction of sp³-hybridized carbons (Fsp3) is 0.524. The quantitative estimate of drug-likeness (QED) is 0.181. The van der Waals surface area contributed by atoms with Crippen LogP contribution in [0.4, 0.5) is 0 Å². The van der Waals surface area contributed by atoms with Crippen molar-refractivity contribution in [2.45, 2.75) is 144 Å². The van der Waals surface area contributed by atoms with E-state index in [4.69, 9.17) is 0 Å². The van der Waals surface area contributed by atoms with Crippen molar-refractivity contribution < 1.29 is 9.59 Å². The number of rotatable bonds is 9. The van der Waals surface area contributed by atoms with Crippen LogP contribution < -0.4 is 5.56 Å². The molecule has 0 fully saturated rings. The minimum atomic E-state index is -0.246. The maximum atomic E-state index is 13.6. The number of hydrogen-bond donors (Lipinski definition) is 1. The van der Waals surface area contributed by atoms with E-state index in [1.807, 2.05) is 23.7 Å². The van der Waals surface area contributed by atoms with Crippen LogP contribution in [-0.2, 0) is 43.2 Å². The first kappa shape index (κ1) is 36.3. The van der Waals surface area contributed by atoms with Crippen LogP contribution in [0.25, 0.3) is 0 Å². The van der Waals surface area contributed by atoms with E-state index in [2.05, 4.69) is 77.7 Å². The van der Waals surface area contributed by atoms with E-state index in [0.717, 1.165) is 61.9 Å². The number of H-pyrrole nitrogens is 1. The summed E-state index contributed by atoms with van der Waals surface area (Å²) in [7, 11) is 0. The molecular weight excluding hydrogens is 608 g/mol. The summed E-state index contributed by atoms with van der Waals surface area (Å²) in [4.78, 5) is 38.4. The number of nitrogens with one attached hydrogen (secondary N) is 1. The van der Waals surface area contributed by atoms with Crippen LogP contribution in [0.3, 0.4) is 0 Å². The van der Waals surface area contributed by atoms with Gasteiger partial charge in [-0.05, 0) is 135 Å². The molecule has 0 aliphatic heterocycles. The Hall–Kier alpha value is -4.00. The highest BCUT2D eigenvalue weighted by Gasteiger charge is 2.33. The first-order valence-electron chi connectivity index (χ1n) is 18.4. The van der Waals surface area contributed by atoms with E-state index < -0.39 is 0 Å². The van der Waals surface area contributed by atoms with Crippen molar-refractivity contribution in [1.82, 2.24) is 19.6 Å². The molecule has 0 saturated carbocycles. The van der Waals surface area contributed by atoms with Gasteiger partial charge in [0.05, 0.1) is 11.8 Å². The normalized spacial score (nSPS) is 15.9. The molecule has 0 amide bonds. The molecule has 2 aromatic heterocycles. The molecule has 0 bridgehead atoms. The van der Waals surface area contributed by atoms with Gasteiger partial charge in [-0.1, -0.05) is 53.2 Å². The Balaban J connectivity index is 0.000000195. The van der Waals surface area contributed by atoms with E-state index in [-0.39, 0.29) is 33.5 Å². The smallest absolute Gasteiger partial charge is 0.277 e. The Morgan fingerprint density at radius 2 is 1.59 bits per heavy atom. The van der Waals surface area contributed by atoms with Crippen molar-refractivity contribution in [1.29, 1.82) is 0 Å². The molecule has 0 spiro atoms. The maximum absolute atomic E-state index is 13.6. The summed E-state index contributed by atoms with van der Waals surface area (Å²) in [5, 5.41) is 7.33. The number of unbranched alkanes of at least 4 members (excludes halogenated alkanes) is 1. The fourth-order valence-electron chi connectivity index (χ4n) is 8.28. The number of carbonyl (C=O) groups excluding carboxylic acids is 2. The second-order valence-electron chi connectivity index (χ2n) is 15.4. The number of ketones is 2. The minimum absolute atomic E-state index is 0.0889. The third kappa shape index (κ3) is 7.04. The average molecular weight is 665 g/mol. The molecule has 2 aliphatic rings. The van der Waals surface area contributed by atoms with E-state index in [1.165, 1.54) is 63.5 Å². The Bertz CT molecular complexity index is 1920. The van der Waals surface area contributed by atoms with Gasteiger partial charge < -0.3 is 5.10 Å². The second kappa shape index (κ2) is 14.5. The van der Waals surface area contributed by atoms with Gasteiger partial charge in [0.25, 0.3) is 5.56 Å². The molecule has 0 unspecified atom stereocenters. The minimum Gasteiger partial charge on any atom is -0.302 e. The van der Waals surface area contributed by atoms with Crippen molar-refractivity contribution in [2.75, 3.05) is 0 Å². The molecule has 0 saturated heterocycles. The summed E-state index contributed by atoms with van der Waals surface area (Å²) >= 11 is 0. The van der Waals surface area contributed by atoms with Gasteiger partial charge in [-0.3, -0.25) is 23.7 Å². The molecule has 6 rings (SSSR count). The number of carbonyl (C=O) groups is 2. The van der Waals surface area contributed by atoms with Crippen LogP contribution in [0, 0.1) is 13.8 Å². The molecule has 7 nitrogen and oxygen atoms in total. The van der Waals surface area contributed by atoms with Crippen molar-refractivity contribution in [3.05, 3.63) is 108 Å². The molecule has 2 aliphatic carbocycles. The summed E-state index contributed by atoms with van der Waals surface area (Å²) in [6.45, 7) is 20.9. The standard InChI is InChI=1S/C24H34N2O.C18H22N2O2/c1-7-9-12-21-20(15-25-26(21)8-2)23(27)19-14-16(3)18-11-10-13-24(5,6)22(18)17(19)4;1-4-20-17(22)14(11-19-20)16(21)13-8-7-12-6-5-9-18(2,3)15(12)10-13/h14-15H,7-13H2,1-6H3;7-8,10-11,19H,4-6,9H2,1-3H3. The lowest BCUT2D eigenvalue weighted by Crippen LogP contribution is -2.27. The summed E-state index contributed by atoms with van der Waals surface area (Å²) in [6, 6.07) is 8.02. The number of aryl methyl sites for hydroxylation is 4. The molecular formula is C42H56N4O3. The summed E-state index contributed by atoms with van der Waals surface area (Å²) < 4.78 is 3.43. The number of aromatic nitrogens is 4. The monoisotopic (exact) mass is 664 g/mol. The summed E-state index contributed by atoms with van der Waals surface area (Å²) in [5.74, 6) is -0.0526. The highest BCUT2D eigenvalue weighted by atomic mass is 16.2. The van der Waals surface area contributed by atoms with Gasteiger partial charge in [-0.15, -0.1) is 0 Å². The molecule has 0 atom stereocenters. The molecule has 0 radical (unpaired) electrons. The topological polar surface area (TPSA) is 89.8 Å². The molecule has 1 N–H and O–H groups in total.